The summed E-state index contributed by atoms with van der Waals surface area (Å²) in [6, 6.07) is 0.631. The van der Waals surface area contributed by atoms with Gasteiger partial charge in [-0.3, -0.25) is 0 Å². The molecule has 1 saturated carbocycles. The van der Waals surface area contributed by atoms with Crippen molar-refractivity contribution in [1.82, 2.24) is 15.0 Å². The number of halogens is 1. The van der Waals surface area contributed by atoms with Gasteiger partial charge in [-0.05, 0) is 43.7 Å². The Morgan fingerprint density at radius 1 is 1.32 bits per heavy atom. The smallest absolute Gasteiger partial charge is 0.322 e. The van der Waals surface area contributed by atoms with Crippen LogP contribution in [0.4, 0.5) is 5.95 Å². The normalized spacial score (nSPS) is 21.7. The third kappa shape index (κ3) is 3.69. The molecule has 0 bridgehead atoms. The predicted molar refractivity (Wildman–Crippen MR) is 75.6 cm³/mol. The summed E-state index contributed by atoms with van der Waals surface area (Å²) >= 11 is 5.91. The first kappa shape index (κ1) is 14.3. The van der Waals surface area contributed by atoms with Crippen LogP contribution in [0.1, 0.15) is 47.0 Å². The summed E-state index contributed by atoms with van der Waals surface area (Å²) in [4.78, 5) is 12.4. The van der Waals surface area contributed by atoms with Gasteiger partial charge in [0.1, 0.15) is 0 Å². The molecule has 1 aromatic rings. The fourth-order valence-corrected chi connectivity index (χ4v) is 2.56. The first-order valence-corrected chi connectivity index (χ1v) is 7.09. The first-order chi connectivity index (χ1) is 8.87. The topological polar surface area (TPSA) is 59.9 Å². The van der Waals surface area contributed by atoms with Crippen LogP contribution < -0.4 is 10.1 Å². The number of anilines is 1. The van der Waals surface area contributed by atoms with E-state index < -0.39 is 0 Å². The van der Waals surface area contributed by atoms with Gasteiger partial charge in [0.15, 0.2) is 0 Å². The SMILES string of the molecule is CC(C)Oc1nc(Cl)nc(NC2CCCC2(C)C)n1. The molecule has 1 heterocycles. The maximum absolute atomic E-state index is 5.91. The largest absolute Gasteiger partial charge is 0.461 e. The lowest BCUT2D eigenvalue weighted by molar-refractivity contribution is 0.221. The van der Waals surface area contributed by atoms with Crippen molar-refractivity contribution < 1.29 is 4.74 Å². The van der Waals surface area contributed by atoms with Crippen LogP contribution in [-0.2, 0) is 0 Å². The molecule has 6 heteroatoms. The first-order valence-electron chi connectivity index (χ1n) is 6.71. The Morgan fingerprint density at radius 3 is 2.63 bits per heavy atom. The van der Waals surface area contributed by atoms with Crippen molar-refractivity contribution in [2.24, 2.45) is 5.41 Å². The minimum Gasteiger partial charge on any atom is -0.461 e. The van der Waals surface area contributed by atoms with Gasteiger partial charge in [-0.15, -0.1) is 0 Å². The van der Waals surface area contributed by atoms with E-state index in [-0.39, 0.29) is 22.8 Å². The van der Waals surface area contributed by atoms with Crippen LogP contribution >= 0.6 is 11.6 Å². The highest BCUT2D eigenvalue weighted by Gasteiger charge is 2.34. The van der Waals surface area contributed by atoms with Crippen molar-refractivity contribution in [2.75, 3.05) is 5.32 Å². The Balaban J connectivity index is 2.14. The number of hydrogen-bond donors (Lipinski definition) is 1. The summed E-state index contributed by atoms with van der Waals surface area (Å²) in [6.45, 7) is 8.35. The lowest BCUT2D eigenvalue weighted by atomic mass is 9.87. The van der Waals surface area contributed by atoms with Crippen LogP contribution in [0.25, 0.3) is 0 Å². The molecule has 1 fully saturated rings. The predicted octanol–water partition coefficient (Wildman–Crippen LogP) is 3.30. The average Bonchev–Trinajstić information content (AvgIpc) is 2.56. The molecule has 1 aliphatic carbocycles. The highest BCUT2D eigenvalue weighted by Crippen LogP contribution is 2.38. The molecule has 1 N–H and O–H groups in total. The quantitative estimate of drug-likeness (QED) is 0.919. The van der Waals surface area contributed by atoms with E-state index in [1.54, 1.807) is 0 Å². The molecule has 0 spiro atoms. The van der Waals surface area contributed by atoms with E-state index in [0.717, 1.165) is 6.42 Å². The van der Waals surface area contributed by atoms with Crippen LogP contribution in [0.15, 0.2) is 0 Å². The number of ether oxygens (including phenoxy) is 1. The van der Waals surface area contributed by atoms with Crippen molar-refractivity contribution in [1.29, 1.82) is 0 Å². The Hall–Kier alpha value is -1.10. The van der Waals surface area contributed by atoms with E-state index in [1.165, 1.54) is 12.8 Å². The zero-order valence-electron chi connectivity index (χ0n) is 11.9. The summed E-state index contributed by atoms with van der Waals surface area (Å²) in [6.07, 6.45) is 3.56. The second-order valence-corrected chi connectivity index (χ2v) is 6.29. The molecular weight excluding hydrogens is 264 g/mol. The second kappa shape index (κ2) is 5.49. The zero-order chi connectivity index (χ0) is 14.0. The highest BCUT2D eigenvalue weighted by atomic mass is 35.5. The summed E-state index contributed by atoms with van der Waals surface area (Å²) in [5.41, 5.74) is 0.248. The molecule has 2 rings (SSSR count). The Kier molecular flexibility index (Phi) is 4.13. The number of rotatable bonds is 4. The molecule has 0 radical (unpaired) electrons. The molecule has 0 aliphatic heterocycles. The van der Waals surface area contributed by atoms with E-state index in [4.69, 9.17) is 16.3 Å². The molecule has 1 aliphatic rings. The fourth-order valence-electron chi connectivity index (χ4n) is 2.41. The number of hydrogen-bond acceptors (Lipinski definition) is 5. The van der Waals surface area contributed by atoms with Crippen LogP contribution in [0, 0.1) is 5.41 Å². The molecular formula is C13H21ClN4O. The molecule has 19 heavy (non-hydrogen) atoms. The van der Waals surface area contributed by atoms with Gasteiger partial charge >= 0.3 is 6.01 Å². The van der Waals surface area contributed by atoms with Gasteiger partial charge in [0, 0.05) is 6.04 Å². The van der Waals surface area contributed by atoms with Crippen LogP contribution in [-0.4, -0.2) is 27.1 Å². The lowest BCUT2D eigenvalue weighted by Crippen LogP contribution is -2.31. The van der Waals surface area contributed by atoms with Gasteiger partial charge in [-0.1, -0.05) is 20.3 Å². The summed E-state index contributed by atoms with van der Waals surface area (Å²) in [5, 5.41) is 3.52. The van der Waals surface area contributed by atoms with Gasteiger partial charge in [0.25, 0.3) is 0 Å². The minimum absolute atomic E-state index is 0.00855. The van der Waals surface area contributed by atoms with Crippen LogP contribution in [0.5, 0.6) is 6.01 Å². The van der Waals surface area contributed by atoms with Gasteiger partial charge < -0.3 is 10.1 Å². The third-order valence-electron chi connectivity index (χ3n) is 3.49. The molecule has 0 amide bonds. The summed E-state index contributed by atoms with van der Waals surface area (Å²) in [7, 11) is 0. The summed E-state index contributed by atoms with van der Waals surface area (Å²) < 4.78 is 5.47. The molecule has 1 unspecified atom stereocenters. The van der Waals surface area contributed by atoms with Crippen molar-refractivity contribution in [3.63, 3.8) is 0 Å². The maximum Gasteiger partial charge on any atom is 0.322 e. The maximum atomic E-state index is 5.91. The van der Waals surface area contributed by atoms with Gasteiger partial charge in [-0.25, -0.2) is 0 Å². The Labute approximate surface area is 119 Å². The minimum atomic E-state index is 0.00855. The van der Waals surface area contributed by atoms with Crippen molar-refractivity contribution in [3.8, 4) is 6.01 Å². The van der Waals surface area contributed by atoms with E-state index in [9.17, 15) is 0 Å². The standard InChI is InChI=1S/C13H21ClN4O/c1-8(2)19-12-17-10(14)16-11(18-12)15-9-6-5-7-13(9,3)4/h8-9H,5-7H2,1-4H3,(H,15,16,17,18). The molecule has 5 nitrogen and oxygen atoms in total. The fraction of sp³-hybridized carbons (Fsp3) is 0.769. The zero-order valence-corrected chi connectivity index (χ0v) is 12.7. The third-order valence-corrected chi connectivity index (χ3v) is 3.66. The molecule has 0 aromatic carbocycles. The highest BCUT2D eigenvalue weighted by molar-refractivity contribution is 6.28. The van der Waals surface area contributed by atoms with Crippen LogP contribution in [0.3, 0.4) is 0 Å². The van der Waals surface area contributed by atoms with Crippen molar-refractivity contribution in [3.05, 3.63) is 5.28 Å². The monoisotopic (exact) mass is 284 g/mol. The van der Waals surface area contributed by atoms with E-state index in [1.807, 2.05) is 13.8 Å². The number of nitrogens with zero attached hydrogens (tertiary/aromatic N) is 3. The van der Waals surface area contributed by atoms with E-state index in [2.05, 4.69) is 34.1 Å². The van der Waals surface area contributed by atoms with Crippen LogP contribution in [0.2, 0.25) is 5.28 Å². The van der Waals surface area contributed by atoms with Gasteiger partial charge in [-0.2, -0.15) is 15.0 Å². The second-order valence-electron chi connectivity index (χ2n) is 5.95. The van der Waals surface area contributed by atoms with E-state index in [0.29, 0.717) is 12.0 Å². The molecule has 0 saturated heterocycles. The van der Waals surface area contributed by atoms with Crippen molar-refractivity contribution >= 4 is 17.5 Å². The molecule has 106 valence electrons. The number of aromatic nitrogens is 3. The molecule has 1 aromatic heterocycles. The van der Waals surface area contributed by atoms with Gasteiger partial charge in [0.05, 0.1) is 6.10 Å². The van der Waals surface area contributed by atoms with Crippen molar-refractivity contribution in [2.45, 2.75) is 59.1 Å². The lowest BCUT2D eigenvalue weighted by Gasteiger charge is -2.27. The van der Waals surface area contributed by atoms with Gasteiger partial charge in [0.2, 0.25) is 11.2 Å². The Bertz CT molecular complexity index is 450. The molecule has 1 atom stereocenters. The average molecular weight is 285 g/mol. The summed E-state index contributed by atoms with van der Waals surface area (Å²) in [5.74, 6) is 0.496. The Morgan fingerprint density at radius 2 is 2.05 bits per heavy atom. The number of nitrogens with one attached hydrogen (secondary N) is 1. The van der Waals surface area contributed by atoms with E-state index >= 15 is 0 Å².